The van der Waals surface area contributed by atoms with Crippen molar-refractivity contribution in [3.8, 4) is 5.75 Å². The van der Waals surface area contributed by atoms with Crippen molar-refractivity contribution < 1.29 is 14.6 Å². The Bertz CT molecular complexity index is 1210. The first kappa shape index (κ1) is 29.0. The summed E-state index contributed by atoms with van der Waals surface area (Å²) in [4.78, 5) is 13.8. The zero-order chi connectivity index (χ0) is 28.2. The van der Waals surface area contributed by atoms with Crippen LogP contribution in [0.3, 0.4) is 0 Å². The van der Waals surface area contributed by atoms with Gasteiger partial charge in [-0.15, -0.1) is 0 Å². The van der Waals surface area contributed by atoms with E-state index in [1.54, 1.807) is 0 Å². The molecule has 7 heteroatoms. The molecule has 3 N–H and O–H groups in total. The Hall–Kier alpha value is -2.48. The van der Waals surface area contributed by atoms with E-state index in [2.05, 4.69) is 66.2 Å². The molecule has 2 saturated carbocycles. The molecule has 0 aromatic heterocycles. The van der Waals surface area contributed by atoms with Crippen LogP contribution < -0.4 is 19.7 Å². The Balaban J connectivity index is 0.000000184. The molecule has 1 amide bonds. The topological polar surface area (TPSA) is 73.8 Å². The van der Waals surface area contributed by atoms with Crippen LogP contribution in [-0.2, 0) is 16.6 Å². The zero-order valence-electron chi connectivity index (χ0n) is 24.2. The molecule has 1 spiro atoms. The van der Waals surface area contributed by atoms with E-state index in [0.29, 0.717) is 24.5 Å². The summed E-state index contributed by atoms with van der Waals surface area (Å²) in [6, 6.07) is 12.9. The van der Waals surface area contributed by atoms with Crippen LogP contribution >= 0.6 is 11.9 Å². The molecule has 4 aliphatic rings. The smallest absolute Gasteiger partial charge is 0.217 e. The number of hydrogen-bond donors (Lipinski definition) is 3. The predicted molar refractivity (Wildman–Crippen MR) is 164 cm³/mol. The highest BCUT2D eigenvalue weighted by Crippen LogP contribution is 2.45. The van der Waals surface area contributed by atoms with E-state index in [9.17, 15) is 9.90 Å². The van der Waals surface area contributed by atoms with E-state index in [-0.39, 0.29) is 11.5 Å². The van der Waals surface area contributed by atoms with Crippen molar-refractivity contribution in [1.82, 2.24) is 10.0 Å². The van der Waals surface area contributed by atoms with Gasteiger partial charge in [-0.1, -0.05) is 42.3 Å². The van der Waals surface area contributed by atoms with Gasteiger partial charge in [0.1, 0.15) is 5.75 Å². The van der Waals surface area contributed by atoms with Crippen LogP contribution in [0.15, 0.2) is 53.4 Å². The fourth-order valence-corrected chi connectivity index (χ4v) is 6.97. The lowest BCUT2D eigenvalue weighted by molar-refractivity contribution is -0.107. The summed E-state index contributed by atoms with van der Waals surface area (Å²) in [7, 11) is 2.13. The maximum atomic E-state index is 10.5. The molecule has 6 nitrogen and oxygen atoms in total. The molecular formula is C33H45N3O3S. The SMILES string of the molecule is CC1(NC/C=C/C(O)C2CCC2)CCC1.Cc1ccc2c(c1)CCC21COc2ccc(SNC=O)cc2N(C)C1. The van der Waals surface area contributed by atoms with Gasteiger partial charge < -0.3 is 20.1 Å². The number of carbonyl (C=O) groups excluding carboxylic acids is 1. The fourth-order valence-electron chi connectivity index (χ4n) is 6.48. The third-order valence-electron chi connectivity index (χ3n) is 9.39. The molecule has 2 atom stereocenters. The molecule has 216 valence electrons. The summed E-state index contributed by atoms with van der Waals surface area (Å²) in [5.41, 5.74) is 5.74. The Kier molecular flexibility index (Phi) is 9.13. The van der Waals surface area contributed by atoms with Crippen LogP contribution in [-0.4, -0.2) is 49.9 Å². The van der Waals surface area contributed by atoms with E-state index < -0.39 is 0 Å². The molecule has 2 aromatic carbocycles. The predicted octanol–water partition coefficient (Wildman–Crippen LogP) is 5.70. The number of nitrogens with one attached hydrogen (secondary N) is 2. The summed E-state index contributed by atoms with van der Waals surface area (Å²) in [6.07, 6.45) is 14.5. The van der Waals surface area contributed by atoms with E-state index in [4.69, 9.17) is 4.74 Å². The molecule has 1 heterocycles. The highest BCUT2D eigenvalue weighted by Gasteiger charge is 2.42. The zero-order valence-corrected chi connectivity index (χ0v) is 25.1. The van der Waals surface area contributed by atoms with Gasteiger partial charge >= 0.3 is 0 Å². The quantitative estimate of drug-likeness (QED) is 0.218. The minimum Gasteiger partial charge on any atom is -0.490 e. The van der Waals surface area contributed by atoms with Crippen molar-refractivity contribution in [2.24, 2.45) is 5.92 Å². The Morgan fingerprint density at radius 2 is 2.00 bits per heavy atom. The number of anilines is 1. The summed E-state index contributed by atoms with van der Waals surface area (Å²) in [5.74, 6) is 1.45. The number of fused-ring (bicyclic) bond motifs is 3. The number of likely N-dealkylation sites (N-methyl/N-ethyl adjacent to an activating group) is 1. The molecule has 2 aromatic rings. The molecule has 40 heavy (non-hydrogen) atoms. The maximum Gasteiger partial charge on any atom is 0.217 e. The summed E-state index contributed by atoms with van der Waals surface area (Å²) >= 11 is 1.32. The first-order valence-electron chi connectivity index (χ1n) is 14.8. The van der Waals surface area contributed by atoms with Crippen molar-refractivity contribution in [1.29, 1.82) is 0 Å². The molecule has 2 unspecified atom stereocenters. The number of amides is 1. The molecule has 1 aliphatic heterocycles. The minimum atomic E-state index is -0.199. The second-order valence-corrected chi connectivity index (χ2v) is 13.4. The van der Waals surface area contributed by atoms with Gasteiger partial charge in [0.05, 0.1) is 18.4 Å². The van der Waals surface area contributed by atoms with Gasteiger partial charge in [-0.2, -0.15) is 0 Å². The van der Waals surface area contributed by atoms with Crippen molar-refractivity contribution >= 4 is 24.0 Å². The lowest BCUT2D eigenvalue weighted by Gasteiger charge is -2.39. The average molecular weight is 564 g/mol. The van der Waals surface area contributed by atoms with Crippen molar-refractivity contribution in [3.63, 3.8) is 0 Å². The van der Waals surface area contributed by atoms with E-state index in [0.717, 1.165) is 42.3 Å². The van der Waals surface area contributed by atoms with E-state index in [1.807, 2.05) is 18.2 Å². The van der Waals surface area contributed by atoms with Crippen LogP contribution in [0.5, 0.6) is 5.75 Å². The number of rotatable bonds is 8. The first-order valence-corrected chi connectivity index (χ1v) is 15.7. The molecule has 6 rings (SSSR count). The minimum absolute atomic E-state index is 0.0468. The number of ether oxygens (including phenoxy) is 1. The van der Waals surface area contributed by atoms with Crippen LogP contribution in [0, 0.1) is 12.8 Å². The van der Waals surface area contributed by atoms with Gasteiger partial charge in [0, 0.05) is 36.0 Å². The molecule has 0 radical (unpaired) electrons. The number of aliphatic hydroxyl groups is 1. The molecular weight excluding hydrogens is 518 g/mol. The van der Waals surface area contributed by atoms with Gasteiger partial charge in [-0.05, 0) is 106 Å². The Labute approximate surface area is 244 Å². The third kappa shape index (κ3) is 6.53. The Morgan fingerprint density at radius 1 is 1.18 bits per heavy atom. The lowest BCUT2D eigenvalue weighted by atomic mass is 9.78. The second kappa shape index (κ2) is 12.6. The third-order valence-corrected chi connectivity index (χ3v) is 10.1. The summed E-state index contributed by atoms with van der Waals surface area (Å²) < 4.78 is 8.91. The van der Waals surface area contributed by atoms with Gasteiger partial charge in [0.2, 0.25) is 6.41 Å². The summed E-state index contributed by atoms with van der Waals surface area (Å²) in [5, 5.41) is 13.3. The van der Waals surface area contributed by atoms with Crippen LogP contribution in [0.25, 0.3) is 0 Å². The number of nitrogens with zero attached hydrogens (tertiary/aromatic N) is 1. The average Bonchev–Trinajstić information content (AvgIpc) is 3.16. The number of aliphatic hydroxyl groups excluding tert-OH is 1. The van der Waals surface area contributed by atoms with E-state index in [1.165, 1.54) is 67.2 Å². The first-order chi connectivity index (χ1) is 19.3. The second-order valence-electron chi connectivity index (χ2n) is 12.5. The normalized spacial score (nSPS) is 23.6. The van der Waals surface area contributed by atoms with Gasteiger partial charge in [0.25, 0.3) is 0 Å². The lowest BCUT2D eigenvalue weighted by Crippen LogP contribution is -2.48. The number of carbonyl (C=O) groups is 1. The van der Waals surface area contributed by atoms with Crippen LogP contribution in [0.2, 0.25) is 0 Å². The highest BCUT2D eigenvalue weighted by molar-refractivity contribution is 7.97. The van der Waals surface area contributed by atoms with Gasteiger partial charge in [0.15, 0.2) is 0 Å². The van der Waals surface area contributed by atoms with Crippen molar-refractivity contribution in [2.45, 2.75) is 87.2 Å². The largest absolute Gasteiger partial charge is 0.490 e. The molecule has 0 bridgehead atoms. The number of hydrogen-bond acceptors (Lipinski definition) is 6. The van der Waals surface area contributed by atoms with Crippen LogP contribution in [0.1, 0.15) is 68.6 Å². The highest BCUT2D eigenvalue weighted by atomic mass is 32.2. The molecule has 3 aliphatic carbocycles. The molecule has 2 fully saturated rings. The Morgan fingerprint density at radius 3 is 2.70 bits per heavy atom. The number of aryl methyl sites for hydroxylation is 2. The van der Waals surface area contributed by atoms with Crippen molar-refractivity contribution in [3.05, 3.63) is 65.2 Å². The number of benzene rings is 2. The maximum absolute atomic E-state index is 10.5. The summed E-state index contributed by atoms with van der Waals surface area (Å²) in [6.45, 7) is 6.99. The van der Waals surface area contributed by atoms with Crippen LogP contribution in [0.4, 0.5) is 5.69 Å². The molecule has 0 saturated heterocycles. The standard InChI is InChI=1S/C20H22N2O2S.C13H23NO/c1-14-3-5-17-15(9-14)7-8-20(17)11-22(2)18-10-16(25-21-13-23)4-6-19(18)24-12-20;1-13(8-4-9-13)14-10-3-7-12(15)11-5-2-6-11/h3-6,9-10,13H,7-8,11-12H2,1-2H3,(H,21,23);3,7,11-12,14-15H,2,4-6,8-10H2,1H3/b;7-3+. The monoisotopic (exact) mass is 563 g/mol. The fraction of sp³-hybridized carbons (Fsp3) is 0.545. The van der Waals surface area contributed by atoms with Gasteiger partial charge in [-0.3, -0.25) is 9.52 Å². The van der Waals surface area contributed by atoms with E-state index >= 15 is 0 Å². The van der Waals surface area contributed by atoms with Crippen molar-refractivity contribution in [2.75, 3.05) is 31.6 Å². The van der Waals surface area contributed by atoms with Gasteiger partial charge in [-0.25, -0.2) is 0 Å².